The highest BCUT2D eigenvalue weighted by molar-refractivity contribution is 7.91. The number of pyridine rings is 1. The van der Waals surface area contributed by atoms with Crippen LogP contribution in [0.3, 0.4) is 0 Å². The van der Waals surface area contributed by atoms with Crippen LogP contribution in [-0.4, -0.2) is 33.9 Å². The zero-order valence-corrected chi connectivity index (χ0v) is 12.8. The molecule has 0 spiro atoms. The summed E-state index contributed by atoms with van der Waals surface area (Å²) in [5.41, 5.74) is -1.21. The highest BCUT2D eigenvalue weighted by Gasteiger charge is 2.37. The molecule has 2 rings (SSSR count). The number of aryl methyl sites for hydroxylation is 1. The summed E-state index contributed by atoms with van der Waals surface area (Å²) in [6, 6.07) is 0.930. The summed E-state index contributed by atoms with van der Waals surface area (Å²) in [7, 11) is -2.82. The number of rotatable bonds is 3. The van der Waals surface area contributed by atoms with Gasteiger partial charge in [-0.3, -0.25) is 4.79 Å². The molecule has 0 atom stereocenters. The van der Waals surface area contributed by atoms with Crippen molar-refractivity contribution in [2.24, 2.45) is 7.05 Å². The smallest absolute Gasteiger partial charge is 0.322 e. The third-order valence-corrected chi connectivity index (χ3v) is 4.91. The number of hydrogen-bond acceptors (Lipinski definition) is 5. The highest BCUT2D eigenvalue weighted by Crippen LogP contribution is 2.31. The van der Waals surface area contributed by atoms with Crippen LogP contribution >= 0.6 is 11.6 Å². The lowest BCUT2D eigenvalue weighted by molar-refractivity contribution is -0.146. The Balaban J connectivity index is 2.90. The molecule has 0 aliphatic rings. The normalized spacial score (nSPS) is 12.8. The molecule has 0 bridgehead atoms. The molecule has 11 heteroatoms. The molecule has 0 aliphatic carbocycles. The number of hydrogen-bond donors (Lipinski definition) is 0. The first-order valence-corrected chi connectivity index (χ1v) is 7.89. The van der Waals surface area contributed by atoms with E-state index in [1.165, 1.54) is 6.92 Å². The molecular formula is C11H9ClF3N3O3S. The van der Waals surface area contributed by atoms with Crippen LogP contribution in [0.2, 0.25) is 0 Å². The fourth-order valence-electron chi connectivity index (χ4n) is 1.88. The second-order valence-electron chi connectivity index (χ2n) is 4.35. The Morgan fingerprint density at radius 3 is 2.41 bits per heavy atom. The molecule has 0 fully saturated rings. The predicted molar refractivity (Wildman–Crippen MR) is 71.4 cm³/mol. The van der Waals surface area contributed by atoms with Gasteiger partial charge in [0.2, 0.25) is 5.82 Å². The molecule has 0 amide bonds. The summed E-state index contributed by atoms with van der Waals surface area (Å²) in [5, 5.41) is -1.19. The van der Waals surface area contributed by atoms with Gasteiger partial charge in [-0.2, -0.15) is 13.2 Å². The number of halogens is 4. The maximum atomic E-state index is 12.8. The number of aromatic nitrogens is 3. The first-order valence-electron chi connectivity index (χ1n) is 5.86. The summed E-state index contributed by atoms with van der Waals surface area (Å²) in [5.74, 6) is -1.62. The Bertz CT molecular complexity index is 874. The molecule has 0 saturated carbocycles. The average molecular weight is 356 g/mol. The minimum atomic E-state index is -4.75. The van der Waals surface area contributed by atoms with E-state index in [4.69, 9.17) is 11.6 Å². The van der Waals surface area contributed by atoms with Gasteiger partial charge in [-0.05, 0) is 17.7 Å². The van der Waals surface area contributed by atoms with Gasteiger partial charge in [0.05, 0.1) is 16.2 Å². The van der Waals surface area contributed by atoms with Crippen molar-refractivity contribution in [1.82, 2.24) is 14.5 Å². The van der Waals surface area contributed by atoms with Gasteiger partial charge in [0.1, 0.15) is 5.69 Å². The Morgan fingerprint density at radius 2 is 1.95 bits per heavy atom. The molecule has 0 aromatic carbocycles. The van der Waals surface area contributed by atoms with Gasteiger partial charge in [0, 0.05) is 7.05 Å². The van der Waals surface area contributed by atoms with Crippen LogP contribution in [0.5, 0.6) is 0 Å². The van der Waals surface area contributed by atoms with Crippen molar-refractivity contribution in [2.75, 3.05) is 5.75 Å². The third-order valence-electron chi connectivity index (χ3n) is 2.99. The van der Waals surface area contributed by atoms with E-state index < -0.39 is 43.3 Å². The summed E-state index contributed by atoms with van der Waals surface area (Å²) in [4.78, 5) is 17.7. The lowest BCUT2D eigenvalue weighted by Crippen LogP contribution is -2.12. The second kappa shape index (κ2) is 5.20. The maximum Gasteiger partial charge on any atom is 0.449 e. The van der Waals surface area contributed by atoms with Crippen molar-refractivity contribution in [1.29, 1.82) is 0 Å². The van der Waals surface area contributed by atoms with E-state index in [2.05, 4.69) is 9.97 Å². The first kappa shape index (κ1) is 16.7. The number of carbonyl (C=O) groups excluding carboxylic acids is 1. The predicted octanol–water partition coefficient (Wildman–Crippen LogP) is 2.16. The molecule has 120 valence electrons. The van der Waals surface area contributed by atoms with E-state index in [1.807, 2.05) is 0 Å². The summed E-state index contributed by atoms with van der Waals surface area (Å²) >= 11 is 5.29. The molecular weight excluding hydrogens is 347 g/mol. The Kier molecular flexibility index (Phi) is 3.94. The van der Waals surface area contributed by atoms with Crippen LogP contribution in [0.4, 0.5) is 13.2 Å². The van der Waals surface area contributed by atoms with Crippen molar-refractivity contribution < 1.29 is 26.4 Å². The van der Waals surface area contributed by atoms with E-state index >= 15 is 0 Å². The SMILES string of the molecule is CCS(=O)(=O)c1cc2c(nc1C(=O)Cl)nc(C(F)(F)F)n2C. The number of imidazole rings is 1. The Labute approximate surface area is 127 Å². The van der Waals surface area contributed by atoms with Gasteiger partial charge in [-0.15, -0.1) is 0 Å². The summed E-state index contributed by atoms with van der Waals surface area (Å²) in [6.07, 6.45) is -4.75. The van der Waals surface area contributed by atoms with E-state index in [0.29, 0.717) is 4.57 Å². The summed E-state index contributed by atoms with van der Waals surface area (Å²) < 4.78 is 63.1. The monoisotopic (exact) mass is 355 g/mol. The van der Waals surface area contributed by atoms with Crippen LogP contribution in [0, 0.1) is 0 Å². The second-order valence-corrected chi connectivity index (χ2v) is 6.94. The van der Waals surface area contributed by atoms with E-state index in [0.717, 1.165) is 13.1 Å². The highest BCUT2D eigenvalue weighted by atomic mass is 35.5. The number of alkyl halides is 3. The fraction of sp³-hybridized carbons (Fsp3) is 0.364. The van der Waals surface area contributed by atoms with Crippen LogP contribution in [0.25, 0.3) is 11.2 Å². The zero-order valence-electron chi connectivity index (χ0n) is 11.3. The standard InChI is InChI=1S/C11H9ClF3N3O3S/c1-3-22(20,21)6-4-5-9(16-7(6)8(12)19)17-10(18(5)2)11(13,14)15/h4H,3H2,1-2H3. The molecule has 0 saturated heterocycles. The molecule has 0 aliphatic heterocycles. The topological polar surface area (TPSA) is 81.9 Å². The van der Waals surface area contributed by atoms with Gasteiger partial charge < -0.3 is 4.57 Å². The van der Waals surface area contributed by atoms with Gasteiger partial charge in [0.15, 0.2) is 15.5 Å². The van der Waals surface area contributed by atoms with Crippen LogP contribution < -0.4 is 0 Å². The molecule has 0 unspecified atom stereocenters. The molecule has 2 aromatic rings. The average Bonchev–Trinajstić information content (AvgIpc) is 2.74. The zero-order chi connectivity index (χ0) is 16.9. The lowest BCUT2D eigenvalue weighted by Gasteiger charge is -2.07. The molecule has 0 N–H and O–H groups in total. The van der Waals surface area contributed by atoms with Crippen molar-refractivity contribution in [3.05, 3.63) is 17.6 Å². The van der Waals surface area contributed by atoms with Crippen LogP contribution in [-0.2, 0) is 23.1 Å². The van der Waals surface area contributed by atoms with Gasteiger partial charge in [0.25, 0.3) is 5.24 Å². The molecule has 6 nitrogen and oxygen atoms in total. The van der Waals surface area contributed by atoms with Crippen molar-refractivity contribution in [2.45, 2.75) is 18.0 Å². The van der Waals surface area contributed by atoms with E-state index in [1.54, 1.807) is 0 Å². The lowest BCUT2D eigenvalue weighted by atomic mass is 10.3. The van der Waals surface area contributed by atoms with Crippen molar-refractivity contribution in [3.8, 4) is 0 Å². The first-order chi connectivity index (χ1) is 9.99. The Morgan fingerprint density at radius 1 is 1.36 bits per heavy atom. The molecule has 0 radical (unpaired) electrons. The Hall–Kier alpha value is -1.68. The van der Waals surface area contributed by atoms with Crippen molar-refractivity contribution >= 4 is 37.8 Å². The van der Waals surface area contributed by atoms with Gasteiger partial charge >= 0.3 is 6.18 Å². The number of fused-ring (bicyclic) bond motifs is 1. The van der Waals surface area contributed by atoms with Crippen LogP contribution in [0.15, 0.2) is 11.0 Å². The maximum absolute atomic E-state index is 12.8. The van der Waals surface area contributed by atoms with Crippen LogP contribution in [0.1, 0.15) is 23.2 Å². The molecule has 22 heavy (non-hydrogen) atoms. The molecule has 2 aromatic heterocycles. The minimum Gasteiger partial charge on any atom is -0.322 e. The minimum absolute atomic E-state index is 0.166. The van der Waals surface area contributed by atoms with Gasteiger partial charge in [-0.1, -0.05) is 6.92 Å². The third kappa shape index (κ3) is 2.68. The summed E-state index contributed by atoms with van der Waals surface area (Å²) in [6.45, 7) is 1.33. The largest absolute Gasteiger partial charge is 0.449 e. The number of carbonyl (C=O) groups is 1. The van der Waals surface area contributed by atoms with Crippen molar-refractivity contribution in [3.63, 3.8) is 0 Å². The van der Waals surface area contributed by atoms with E-state index in [9.17, 15) is 26.4 Å². The quantitative estimate of drug-likeness (QED) is 0.788. The fourth-order valence-corrected chi connectivity index (χ4v) is 3.12. The van der Waals surface area contributed by atoms with E-state index in [-0.39, 0.29) is 11.3 Å². The molecule has 2 heterocycles. The van der Waals surface area contributed by atoms with Gasteiger partial charge in [-0.25, -0.2) is 18.4 Å². The number of sulfone groups is 1. The number of nitrogens with zero attached hydrogens (tertiary/aromatic N) is 3.